The average Bonchev–Trinajstić information content (AvgIpc) is 2.94. The van der Waals surface area contributed by atoms with Gasteiger partial charge >= 0.3 is 0 Å². The molecule has 7 heteroatoms. The maximum Gasteiger partial charge on any atom is 0.269 e. The summed E-state index contributed by atoms with van der Waals surface area (Å²) in [5.41, 5.74) is 1.24. The lowest BCUT2D eigenvalue weighted by molar-refractivity contribution is -0.124. The first kappa shape index (κ1) is 22.4. The van der Waals surface area contributed by atoms with E-state index in [9.17, 15) is 9.59 Å². The molecule has 0 spiro atoms. The molecule has 1 aromatic rings. The average molecular weight is 392 g/mol. The minimum Gasteiger partial charge on any atom is -0.350 e. The number of carbonyl (C=O) groups excluding carboxylic acids is 2. The Morgan fingerprint density at radius 3 is 2.25 bits per heavy atom. The number of aromatic nitrogens is 2. The van der Waals surface area contributed by atoms with Crippen LogP contribution in [0.15, 0.2) is 6.07 Å². The van der Waals surface area contributed by atoms with Crippen LogP contribution in [-0.2, 0) is 17.3 Å². The van der Waals surface area contributed by atoms with Crippen LogP contribution in [0.2, 0.25) is 0 Å². The van der Waals surface area contributed by atoms with Gasteiger partial charge in [-0.3, -0.25) is 19.2 Å². The van der Waals surface area contributed by atoms with E-state index in [1.807, 2.05) is 33.9 Å². The molecule has 2 rings (SSSR count). The summed E-state index contributed by atoms with van der Waals surface area (Å²) in [7, 11) is 1.81. The van der Waals surface area contributed by atoms with Crippen LogP contribution in [0.1, 0.15) is 70.6 Å². The summed E-state index contributed by atoms with van der Waals surface area (Å²) < 4.78 is 1.66. The minimum atomic E-state index is -0.196. The van der Waals surface area contributed by atoms with Crippen molar-refractivity contribution in [3.8, 4) is 0 Å². The Hall–Kier alpha value is -1.89. The number of carbonyl (C=O) groups is 2. The standard InChI is InChI=1S/C21H37N5O2/c1-20(2,3)17-12-16(25(7)24-17)19(28)22-13-15-8-10-26(11-9-15)14-18(27)23-21(4,5)6/h12,15H,8-11,13-14H2,1-7H3,(H,22,28)(H,23,27). The van der Waals surface area contributed by atoms with Crippen LogP contribution >= 0.6 is 0 Å². The van der Waals surface area contributed by atoms with Crippen molar-refractivity contribution in [1.29, 1.82) is 0 Å². The predicted molar refractivity (Wildman–Crippen MR) is 111 cm³/mol. The van der Waals surface area contributed by atoms with Gasteiger partial charge in [-0.25, -0.2) is 0 Å². The molecule has 0 unspecified atom stereocenters. The molecule has 0 radical (unpaired) electrons. The number of hydrogen-bond donors (Lipinski definition) is 2. The van der Waals surface area contributed by atoms with Gasteiger partial charge in [-0.2, -0.15) is 5.10 Å². The Bertz CT molecular complexity index is 689. The highest BCUT2D eigenvalue weighted by Gasteiger charge is 2.24. The number of aryl methyl sites for hydroxylation is 1. The summed E-state index contributed by atoms with van der Waals surface area (Å²) in [5, 5.41) is 10.5. The van der Waals surface area contributed by atoms with Gasteiger partial charge < -0.3 is 10.6 Å². The number of piperidine rings is 1. The van der Waals surface area contributed by atoms with Gasteiger partial charge in [0.2, 0.25) is 5.91 Å². The van der Waals surface area contributed by atoms with E-state index < -0.39 is 0 Å². The first-order valence-electron chi connectivity index (χ1n) is 10.2. The van der Waals surface area contributed by atoms with E-state index in [-0.39, 0.29) is 22.8 Å². The van der Waals surface area contributed by atoms with Crippen molar-refractivity contribution in [2.45, 2.75) is 65.3 Å². The van der Waals surface area contributed by atoms with Crippen LogP contribution < -0.4 is 10.6 Å². The van der Waals surface area contributed by atoms with Gasteiger partial charge in [0.15, 0.2) is 0 Å². The molecule has 0 bridgehead atoms. The lowest BCUT2D eigenvalue weighted by Crippen LogP contribution is -2.48. The molecular weight excluding hydrogens is 354 g/mol. The molecule has 1 aromatic heterocycles. The number of amides is 2. The van der Waals surface area contributed by atoms with Crippen LogP contribution in [0.5, 0.6) is 0 Å². The lowest BCUT2D eigenvalue weighted by atomic mass is 9.92. The molecule has 28 heavy (non-hydrogen) atoms. The Labute approximate surface area is 169 Å². The summed E-state index contributed by atoms with van der Waals surface area (Å²) in [5.74, 6) is 0.448. The molecule has 7 nitrogen and oxygen atoms in total. The zero-order valence-corrected chi connectivity index (χ0v) is 18.6. The van der Waals surface area contributed by atoms with E-state index in [4.69, 9.17) is 0 Å². The van der Waals surface area contributed by atoms with Crippen LogP contribution in [-0.4, -0.2) is 58.2 Å². The maximum absolute atomic E-state index is 12.6. The molecule has 2 heterocycles. The zero-order chi connectivity index (χ0) is 21.1. The number of nitrogens with one attached hydrogen (secondary N) is 2. The van der Waals surface area contributed by atoms with Crippen LogP contribution in [0.4, 0.5) is 0 Å². The van der Waals surface area contributed by atoms with Crippen molar-refractivity contribution in [3.63, 3.8) is 0 Å². The Morgan fingerprint density at radius 1 is 1.14 bits per heavy atom. The topological polar surface area (TPSA) is 79.3 Å². The third-order valence-corrected chi connectivity index (χ3v) is 5.02. The van der Waals surface area contributed by atoms with E-state index in [1.165, 1.54) is 0 Å². The third-order valence-electron chi connectivity index (χ3n) is 5.02. The highest BCUT2D eigenvalue weighted by molar-refractivity contribution is 5.92. The van der Waals surface area contributed by atoms with Gasteiger partial charge in [0.05, 0.1) is 12.2 Å². The Balaban J connectivity index is 1.77. The lowest BCUT2D eigenvalue weighted by Gasteiger charge is -2.32. The van der Waals surface area contributed by atoms with Crippen LogP contribution in [0.3, 0.4) is 0 Å². The van der Waals surface area contributed by atoms with Crippen molar-refractivity contribution in [2.75, 3.05) is 26.2 Å². The van der Waals surface area contributed by atoms with Crippen molar-refractivity contribution >= 4 is 11.8 Å². The molecule has 0 aromatic carbocycles. The molecule has 2 N–H and O–H groups in total. The first-order chi connectivity index (χ1) is 12.8. The normalized spacial score (nSPS) is 16.8. The highest BCUT2D eigenvalue weighted by atomic mass is 16.2. The summed E-state index contributed by atoms with van der Waals surface area (Å²) in [6.07, 6.45) is 1.98. The second kappa shape index (κ2) is 8.64. The van der Waals surface area contributed by atoms with Gasteiger partial charge in [-0.05, 0) is 58.7 Å². The smallest absolute Gasteiger partial charge is 0.269 e. The van der Waals surface area contributed by atoms with Crippen molar-refractivity contribution in [3.05, 3.63) is 17.5 Å². The number of rotatable bonds is 5. The summed E-state index contributed by atoms with van der Waals surface area (Å²) >= 11 is 0. The third kappa shape index (κ3) is 6.62. The molecule has 0 saturated carbocycles. The van der Waals surface area contributed by atoms with Gasteiger partial charge in [0, 0.05) is 24.5 Å². The zero-order valence-electron chi connectivity index (χ0n) is 18.6. The summed E-state index contributed by atoms with van der Waals surface area (Å²) in [6.45, 7) is 15.1. The van der Waals surface area contributed by atoms with Crippen LogP contribution in [0, 0.1) is 5.92 Å². The van der Waals surface area contributed by atoms with E-state index in [1.54, 1.807) is 4.68 Å². The molecule has 1 fully saturated rings. The maximum atomic E-state index is 12.6. The summed E-state index contributed by atoms with van der Waals surface area (Å²) in [4.78, 5) is 26.8. The molecule has 1 saturated heterocycles. The number of hydrogen-bond acceptors (Lipinski definition) is 4. The number of likely N-dealkylation sites (tertiary alicyclic amines) is 1. The van der Waals surface area contributed by atoms with Gasteiger partial charge in [-0.1, -0.05) is 20.8 Å². The fraction of sp³-hybridized carbons (Fsp3) is 0.762. The molecule has 158 valence electrons. The van der Waals surface area contributed by atoms with Gasteiger partial charge in [-0.15, -0.1) is 0 Å². The second-order valence-electron chi connectivity index (χ2n) is 10.0. The molecule has 1 aliphatic heterocycles. The fourth-order valence-corrected chi connectivity index (χ4v) is 3.38. The molecule has 1 aliphatic rings. The Kier molecular flexibility index (Phi) is 6.91. The van der Waals surface area contributed by atoms with E-state index in [0.29, 0.717) is 24.7 Å². The highest BCUT2D eigenvalue weighted by Crippen LogP contribution is 2.21. The predicted octanol–water partition coefficient (Wildman–Crippen LogP) is 2.07. The molecule has 2 amide bonds. The van der Waals surface area contributed by atoms with E-state index in [0.717, 1.165) is 31.6 Å². The monoisotopic (exact) mass is 391 g/mol. The van der Waals surface area contributed by atoms with Gasteiger partial charge in [0.1, 0.15) is 5.69 Å². The van der Waals surface area contributed by atoms with Crippen molar-refractivity contribution in [1.82, 2.24) is 25.3 Å². The van der Waals surface area contributed by atoms with Crippen molar-refractivity contribution in [2.24, 2.45) is 13.0 Å². The summed E-state index contributed by atoms with van der Waals surface area (Å²) in [6, 6.07) is 1.88. The number of nitrogens with zero attached hydrogens (tertiary/aromatic N) is 3. The molecule has 0 aliphatic carbocycles. The second-order valence-corrected chi connectivity index (χ2v) is 10.0. The van der Waals surface area contributed by atoms with Crippen molar-refractivity contribution < 1.29 is 9.59 Å². The largest absolute Gasteiger partial charge is 0.350 e. The quantitative estimate of drug-likeness (QED) is 0.805. The van der Waals surface area contributed by atoms with E-state index >= 15 is 0 Å². The minimum absolute atomic E-state index is 0.0718. The van der Waals surface area contributed by atoms with E-state index in [2.05, 4.69) is 41.4 Å². The molecular formula is C21H37N5O2. The fourth-order valence-electron chi connectivity index (χ4n) is 3.38. The SMILES string of the molecule is Cn1nc(C(C)(C)C)cc1C(=O)NCC1CCN(CC(=O)NC(C)(C)C)CC1. The van der Waals surface area contributed by atoms with Gasteiger partial charge in [0.25, 0.3) is 5.91 Å². The first-order valence-corrected chi connectivity index (χ1v) is 10.2. The Morgan fingerprint density at radius 2 is 1.75 bits per heavy atom. The van der Waals surface area contributed by atoms with Crippen LogP contribution in [0.25, 0.3) is 0 Å². The molecule has 0 atom stereocenters.